The van der Waals surface area contributed by atoms with Gasteiger partial charge in [-0.2, -0.15) is 0 Å². The lowest BCUT2D eigenvalue weighted by Crippen LogP contribution is -2.74. The number of carbonyl (C=O) groups excluding carboxylic acids is 6. The molecule has 11 nitrogen and oxygen atoms in total. The second-order valence-corrected chi connectivity index (χ2v) is 10.1. The van der Waals surface area contributed by atoms with Crippen LogP contribution >= 0.6 is 11.8 Å². The van der Waals surface area contributed by atoms with Crippen LogP contribution in [0.5, 0.6) is 0 Å². The van der Waals surface area contributed by atoms with E-state index in [9.17, 15) is 28.8 Å². The van der Waals surface area contributed by atoms with E-state index in [0.717, 1.165) is 10.5 Å². The van der Waals surface area contributed by atoms with E-state index in [1.165, 1.54) is 35.7 Å². The number of hydrogen-bond donors (Lipinski definition) is 1. The van der Waals surface area contributed by atoms with Crippen molar-refractivity contribution in [1.29, 1.82) is 0 Å². The van der Waals surface area contributed by atoms with Crippen molar-refractivity contribution in [2.24, 2.45) is 0 Å². The highest BCUT2D eigenvalue weighted by atomic mass is 32.2. The van der Waals surface area contributed by atoms with E-state index < -0.39 is 59.8 Å². The van der Waals surface area contributed by atoms with Gasteiger partial charge in [-0.3, -0.25) is 24.0 Å². The summed E-state index contributed by atoms with van der Waals surface area (Å²) in [6.45, 7) is 2.13. The van der Waals surface area contributed by atoms with Gasteiger partial charge in [0, 0.05) is 18.1 Å². The number of benzene rings is 2. The van der Waals surface area contributed by atoms with E-state index in [1.54, 1.807) is 35.7 Å². The van der Waals surface area contributed by atoms with E-state index in [0.29, 0.717) is 5.56 Å². The molecule has 39 heavy (non-hydrogen) atoms. The highest BCUT2D eigenvalue weighted by Gasteiger charge is 2.56. The van der Waals surface area contributed by atoms with Crippen LogP contribution in [0.25, 0.3) is 0 Å². The lowest BCUT2D eigenvalue weighted by molar-refractivity contribution is -0.164. The number of nitrogens with one attached hydrogen (secondary N) is 1. The van der Waals surface area contributed by atoms with Crippen LogP contribution in [0, 0.1) is 6.92 Å². The Kier molecular flexibility index (Phi) is 6.96. The molecule has 0 radical (unpaired) electrons. The topological polar surface area (TPSA) is 139 Å². The molecule has 1 N–H and O–H groups in total. The molecule has 0 aliphatic carbocycles. The van der Waals surface area contributed by atoms with Gasteiger partial charge in [0.1, 0.15) is 18.0 Å². The summed E-state index contributed by atoms with van der Waals surface area (Å²) >= 11 is 1.19. The molecule has 0 aromatic heterocycles. The number of ether oxygens (including phenoxy) is 2. The quantitative estimate of drug-likeness (QED) is 0.310. The highest BCUT2D eigenvalue weighted by molar-refractivity contribution is 8.03. The van der Waals surface area contributed by atoms with Crippen molar-refractivity contribution < 1.29 is 38.2 Å². The molecule has 12 heteroatoms. The van der Waals surface area contributed by atoms with E-state index in [-0.39, 0.29) is 23.3 Å². The van der Waals surface area contributed by atoms with Gasteiger partial charge in [0.25, 0.3) is 17.7 Å². The minimum Gasteiger partial charge on any atom is -0.461 e. The molecular formula is C27H23N3O8S. The predicted octanol–water partition coefficient (Wildman–Crippen LogP) is 1.62. The van der Waals surface area contributed by atoms with Crippen molar-refractivity contribution in [3.05, 3.63) is 81.8 Å². The van der Waals surface area contributed by atoms with E-state index in [2.05, 4.69) is 5.32 Å². The smallest absolute Gasteiger partial charge is 0.335 e. The number of hydrogen-bond acceptors (Lipinski definition) is 9. The standard InChI is InChI=1S/C27H23N3O8S/c1-14-6-5-7-16(10-14)22(32)28-20-25(35)30-21(17(11-37-15(2)31)12-39-26(20)30)27(36)38-13-29-23(33)18-8-3-4-9-19(18)24(29)34/h3-10,12,20-21,26H,11,13H2,1-2H3,(H,28,32)/t20?,21?,26-/m0/s1. The molecule has 3 atom stereocenters. The average molecular weight is 550 g/mol. The zero-order valence-corrected chi connectivity index (χ0v) is 21.7. The second kappa shape index (κ2) is 10.4. The number of β-lactam (4-membered cyclic amide) rings is 1. The number of nitrogens with zero attached hydrogens (tertiary/aromatic N) is 2. The Morgan fingerprint density at radius 3 is 2.31 bits per heavy atom. The Morgan fingerprint density at radius 2 is 1.67 bits per heavy atom. The van der Waals surface area contributed by atoms with Gasteiger partial charge in [-0.25, -0.2) is 9.69 Å². The highest BCUT2D eigenvalue weighted by Crippen LogP contribution is 2.40. The lowest BCUT2D eigenvalue weighted by atomic mass is 9.98. The van der Waals surface area contributed by atoms with Crippen molar-refractivity contribution in [3.8, 4) is 0 Å². The van der Waals surface area contributed by atoms with Crippen molar-refractivity contribution in [3.63, 3.8) is 0 Å². The largest absolute Gasteiger partial charge is 0.461 e. The van der Waals surface area contributed by atoms with Gasteiger partial charge >= 0.3 is 11.9 Å². The van der Waals surface area contributed by atoms with Crippen LogP contribution in [-0.4, -0.2) is 76.2 Å². The lowest BCUT2D eigenvalue weighted by Gasteiger charge is -2.51. The summed E-state index contributed by atoms with van der Waals surface area (Å²) in [5.74, 6) is -3.65. The van der Waals surface area contributed by atoms with Gasteiger partial charge < -0.3 is 19.7 Å². The summed E-state index contributed by atoms with van der Waals surface area (Å²) in [6.07, 6.45) is 0. The minimum atomic E-state index is -1.27. The zero-order valence-electron chi connectivity index (χ0n) is 20.9. The Morgan fingerprint density at radius 1 is 0.974 bits per heavy atom. The van der Waals surface area contributed by atoms with E-state index in [4.69, 9.17) is 9.47 Å². The molecule has 0 spiro atoms. The van der Waals surface area contributed by atoms with Crippen LogP contribution in [0.1, 0.15) is 43.6 Å². The Hall–Kier alpha value is -4.45. The number of rotatable bonds is 7. The van der Waals surface area contributed by atoms with Crippen LogP contribution in [0.4, 0.5) is 0 Å². The first-order valence-electron chi connectivity index (χ1n) is 12.0. The van der Waals surface area contributed by atoms with Gasteiger partial charge in [0.05, 0.1) is 11.1 Å². The molecular weight excluding hydrogens is 526 g/mol. The number of thioether (sulfide) groups is 1. The molecule has 3 heterocycles. The SMILES string of the molecule is CC(=O)OCC1=CS[C@H]2C(NC(=O)c3cccc(C)c3)C(=O)N2C1C(=O)OCN1C(=O)c2ccccc2C1=O. The van der Waals surface area contributed by atoms with Crippen molar-refractivity contribution in [2.45, 2.75) is 31.3 Å². The van der Waals surface area contributed by atoms with Crippen LogP contribution in [0.3, 0.4) is 0 Å². The second-order valence-electron chi connectivity index (χ2n) is 9.14. The summed E-state index contributed by atoms with van der Waals surface area (Å²) in [4.78, 5) is 78.0. The molecule has 0 bridgehead atoms. The van der Waals surface area contributed by atoms with Gasteiger partial charge in [-0.15, -0.1) is 11.8 Å². The first-order valence-corrected chi connectivity index (χ1v) is 12.9. The number of carbonyl (C=O) groups is 6. The molecule has 0 saturated carbocycles. The number of fused-ring (bicyclic) bond motifs is 2. The monoisotopic (exact) mass is 549 g/mol. The van der Waals surface area contributed by atoms with E-state index >= 15 is 0 Å². The first-order chi connectivity index (χ1) is 18.7. The molecule has 3 aliphatic rings. The Balaban J connectivity index is 1.31. The number of esters is 2. The minimum absolute atomic E-state index is 0.202. The number of imide groups is 1. The van der Waals surface area contributed by atoms with Gasteiger partial charge in [-0.1, -0.05) is 29.8 Å². The summed E-state index contributed by atoms with van der Waals surface area (Å²) in [7, 11) is 0. The van der Waals surface area contributed by atoms with E-state index in [1.807, 2.05) is 13.0 Å². The fraction of sp³-hybridized carbons (Fsp3) is 0.259. The molecule has 3 aliphatic heterocycles. The number of aryl methyl sites for hydroxylation is 1. The molecule has 4 amide bonds. The van der Waals surface area contributed by atoms with Crippen LogP contribution in [0.15, 0.2) is 59.5 Å². The van der Waals surface area contributed by atoms with Gasteiger partial charge in [0.15, 0.2) is 12.8 Å². The fourth-order valence-corrected chi connectivity index (χ4v) is 5.78. The van der Waals surface area contributed by atoms with Crippen LogP contribution in [0.2, 0.25) is 0 Å². The Bertz CT molecular complexity index is 1420. The zero-order chi connectivity index (χ0) is 27.8. The Labute approximate surface area is 227 Å². The third kappa shape index (κ3) is 4.78. The molecule has 2 unspecified atom stereocenters. The van der Waals surface area contributed by atoms with Gasteiger partial charge in [0.2, 0.25) is 5.91 Å². The first kappa shape index (κ1) is 26.2. The van der Waals surface area contributed by atoms with Crippen molar-refractivity contribution >= 4 is 47.3 Å². The molecule has 1 fully saturated rings. The maximum absolute atomic E-state index is 13.3. The van der Waals surface area contributed by atoms with Crippen molar-refractivity contribution in [2.75, 3.05) is 13.3 Å². The van der Waals surface area contributed by atoms with Crippen LogP contribution < -0.4 is 5.32 Å². The van der Waals surface area contributed by atoms with Crippen LogP contribution in [-0.2, 0) is 23.9 Å². The predicted molar refractivity (Wildman–Crippen MR) is 137 cm³/mol. The summed E-state index contributed by atoms with van der Waals surface area (Å²) < 4.78 is 10.4. The molecule has 5 rings (SSSR count). The maximum atomic E-state index is 13.3. The normalized spacial score (nSPS) is 21.4. The molecule has 1 saturated heterocycles. The third-order valence-electron chi connectivity index (χ3n) is 6.51. The average Bonchev–Trinajstić information content (AvgIpc) is 3.17. The molecule has 2 aromatic carbocycles. The van der Waals surface area contributed by atoms with Crippen molar-refractivity contribution in [1.82, 2.24) is 15.1 Å². The third-order valence-corrected chi connectivity index (χ3v) is 7.73. The fourth-order valence-electron chi connectivity index (χ4n) is 4.58. The number of amides is 4. The molecule has 200 valence electrons. The summed E-state index contributed by atoms with van der Waals surface area (Å²) in [6, 6.07) is 11.0. The summed E-state index contributed by atoms with van der Waals surface area (Å²) in [5.41, 5.74) is 1.97. The van der Waals surface area contributed by atoms with Gasteiger partial charge in [-0.05, 0) is 36.6 Å². The summed E-state index contributed by atoms with van der Waals surface area (Å²) in [5, 5.41) is 3.69. The molecule has 2 aromatic rings. The maximum Gasteiger partial charge on any atom is 0.335 e.